The maximum atomic E-state index is 14.6. The third-order valence-corrected chi connectivity index (χ3v) is 7.17. The summed E-state index contributed by atoms with van der Waals surface area (Å²) in [6.07, 6.45) is 2.63. The van der Waals surface area contributed by atoms with Gasteiger partial charge in [-0.05, 0) is 36.4 Å². The Labute approximate surface area is 206 Å². The molecule has 1 aliphatic rings. The molecule has 2 aromatic heterocycles. The Hall–Kier alpha value is -3.58. The molecule has 3 heterocycles. The molecule has 3 aromatic rings. The van der Waals surface area contributed by atoms with E-state index in [1.54, 1.807) is 24.0 Å². The number of fused-ring (bicyclic) bond motifs is 1. The van der Waals surface area contributed by atoms with Crippen LogP contribution in [0.1, 0.15) is 23.0 Å². The number of ether oxygens (including phenoxy) is 1. The average Bonchev–Trinajstić information content (AvgIpc) is 3.45. The molecule has 4 rings (SSSR count). The van der Waals surface area contributed by atoms with Gasteiger partial charge in [0, 0.05) is 25.4 Å². The number of aromatic nitrogens is 2. The first-order chi connectivity index (χ1) is 17.1. The lowest BCUT2D eigenvalue weighted by atomic mass is 10.1. The van der Waals surface area contributed by atoms with Crippen LogP contribution in [0.5, 0.6) is 5.75 Å². The van der Waals surface area contributed by atoms with Crippen molar-refractivity contribution in [2.24, 2.45) is 0 Å². The molecule has 13 heteroatoms. The number of anilines is 1. The zero-order valence-corrected chi connectivity index (χ0v) is 20.3. The van der Waals surface area contributed by atoms with E-state index in [9.17, 15) is 26.4 Å². The van der Waals surface area contributed by atoms with Crippen LogP contribution in [0.4, 0.5) is 18.9 Å². The summed E-state index contributed by atoms with van der Waals surface area (Å²) in [6, 6.07) is 6.90. The van der Waals surface area contributed by atoms with Crippen molar-refractivity contribution in [1.82, 2.24) is 18.4 Å². The van der Waals surface area contributed by atoms with E-state index in [0.717, 1.165) is 10.4 Å². The van der Waals surface area contributed by atoms with Crippen molar-refractivity contribution in [3.05, 3.63) is 65.9 Å². The molecule has 1 aromatic carbocycles. The van der Waals surface area contributed by atoms with E-state index in [2.05, 4.69) is 4.98 Å². The van der Waals surface area contributed by atoms with Gasteiger partial charge in [0.15, 0.2) is 0 Å². The standard InChI is InChI=1S/C23H24F3N5O4S/c1-3-29(2)36(33,34)28-23(32)20-12-27-22-7-5-17(14-31(20)22)30-13-16(26)11-19(30)18-10-15(25)4-6-21(18)35-9-8-24/h4-7,10-12,14,16H,3,8-9,13H2,1-2H3,(H,28,32)/t16-/m0/s1. The fourth-order valence-electron chi connectivity index (χ4n) is 3.76. The van der Waals surface area contributed by atoms with Gasteiger partial charge in [-0.15, -0.1) is 0 Å². The fourth-order valence-corrected chi connectivity index (χ4v) is 4.59. The highest BCUT2D eigenvalue weighted by atomic mass is 32.2. The highest BCUT2D eigenvalue weighted by Gasteiger charge is 2.29. The van der Waals surface area contributed by atoms with Gasteiger partial charge in [0.25, 0.3) is 5.91 Å². The molecule has 9 nitrogen and oxygen atoms in total. The predicted octanol–water partition coefficient (Wildman–Crippen LogP) is 2.95. The number of carbonyl (C=O) groups excluding carboxylic acids is 1. The molecule has 0 fully saturated rings. The minimum Gasteiger partial charge on any atom is -0.490 e. The maximum absolute atomic E-state index is 14.6. The molecule has 1 amide bonds. The van der Waals surface area contributed by atoms with Crippen molar-refractivity contribution in [1.29, 1.82) is 0 Å². The number of rotatable bonds is 9. The zero-order chi connectivity index (χ0) is 26.0. The van der Waals surface area contributed by atoms with Gasteiger partial charge in [-0.1, -0.05) is 6.92 Å². The van der Waals surface area contributed by atoms with Crippen LogP contribution in [0.25, 0.3) is 11.3 Å². The summed E-state index contributed by atoms with van der Waals surface area (Å²) in [7, 11) is -2.72. The summed E-state index contributed by atoms with van der Waals surface area (Å²) in [5.74, 6) is -1.29. The van der Waals surface area contributed by atoms with Crippen LogP contribution in [-0.2, 0) is 10.2 Å². The van der Waals surface area contributed by atoms with Crippen molar-refractivity contribution in [3.8, 4) is 5.75 Å². The highest BCUT2D eigenvalue weighted by Crippen LogP contribution is 2.37. The molecule has 0 bridgehead atoms. The predicted molar refractivity (Wildman–Crippen MR) is 128 cm³/mol. The first kappa shape index (κ1) is 25.5. The van der Waals surface area contributed by atoms with Gasteiger partial charge in [-0.25, -0.2) is 22.9 Å². The van der Waals surface area contributed by atoms with Crippen molar-refractivity contribution < 1.29 is 31.1 Å². The number of halogens is 3. The van der Waals surface area contributed by atoms with Crippen LogP contribution in [0.2, 0.25) is 0 Å². The molecule has 0 aliphatic carbocycles. The molecule has 192 valence electrons. The molecule has 0 saturated heterocycles. The summed E-state index contributed by atoms with van der Waals surface area (Å²) in [6.45, 7) is 0.672. The summed E-state index contributed by atoms with van der Waals surface area (Å²) < 4.78 is 75.7. The molecule has 0 saturated carbocycles. The summed E-state index contributed by atoms with van der Waals surface area (Å²) in [4.78, 5) is 18.5. The second-order valence-corrected chi connectivity index (χ2v) is 9.74. The Morgan fingerprint density at radius 2 is 2.08 bits per heavy atom. The zero-order valence-electron chi connectivity index (χ0n) is 19.5. The normalized spacial score (nSPS) is 16.0. The largest absolute Gasteiger partial charge is 0.490 e. The van der Waals surface area contributed by atoms with Gasteiger partial charge in [0.05, 0.1) is 24.1 Å². The van der Waals surface area contributed by atoms with E-state index in [1.165, 1.54) is 42.1 Å². The minimum absolute atomic E-state index is 0.0563. The van der Waals surface area contributed by atoms with E-state index in [4.69, 9.17) is 4.74 Å². The number of alkyl halides is 2. The Bertz CT molecular complexity index is 1430. The number of hydrogen-bond acceptors (Lipinski definition) is 6. The molecule has 0 spiro atoms. The number of pyridine rings is 1. The van der Waals surface area contributed by atoms with Crippen LogP contribution in [0, 0.1) is 5.82 Å². The van der Waals surface area contributed by atoms with E-state index in [-0.39, 0.29) is 36.7 Å². The van der Waals surface area contributed by atoms with Crippen molar-refractivity contribution in [2.45, 2.75) is 13.1 Å². The SMILES string of the molecule is CCN(C)S(=O)(=O)NC(=O)c1cnc2ccc(N3C[C@@H](F)C=C3c3cc(F)ccc3OCCF)cn12. The second kappa shape index (κ2) is 10.2. The third-order valence-electron chi connectivity index (χ3n) is 5.65. The number of amides is 1. The molecular weight excluding hydrogens is 499 g/mol. The molecule has 36 heavy (non-hydrogen) atoms. The molecule has 1 N–H and O–H groups in total. The third kappa shape index (κ3) is 5.02. The average molecular weight is 524 g/mol. The van der Waals surface area contributed by atoms with E-state index >= 15 is 0 Å². The van der Waals surface area contributed by atoms with Gasteiger partial charge in [-0.3, -0.25) is 9.20 Å². The number of nitrogens with zero attached hydrogens (tertiary/aromatic N) is 4. The number of nitrogens with one attached hydrogen (secondary N) is 1. The summed E-state index contributed by atoms with van der Waals surface area (Å²) in [5, 5.41) is 0. The second-order valence-electron chi connectivity index (χ2n) is 7.97. The first-order valence-electron chi connectivity index (χ1n) is 11.0. The number of carbonyl (C=O) groups is 1. The fraction of sp³-hybridized carbons (Fsp3) is 0.304. The van der Waals surface area contributed by atoms with Crippen LogP contribution < -0.4 is 14.4 Å². The summed E-state index contributed by atoms with van der Waals surface area (Å²) >= 11 is 0. The Kier molecular flexibility index (Phi) is 7.22. The first-order valence-corrected chi connectivity index (χ1v) is 12.5. The molecule has 1 atom stereocenters. The highest BCUT2D eigenvalue weighted by molar-refractivity contribution is 7.87. The summed E-state index contributed by atoms with van der Waals surface area (Å²) in [5.41, 5.74) is 1.26. The van der Waals surface area contributed by atoms with E-state index < -0.39 is 34.8 Å². The number of hydrogen-bond donors (Lipinski definition) is 1. The number of imidazole rings is 1. The Morgan fingerprint density at radius 3 is 2.81 bits per heavy atom. The van der Waals surface area contributed by atoms with Crippen molar-refractivity contribution >= 4 is 33.1 Å². The lowest BCUT2D eigenvalue weighted by molar-refractivity contribution is 0.0974. The van der Waals surface area contributed by atoms with Gasteiger partial charge < -0.3 is 9.64 Å². The minimum atomic E-state index is -4.05. The molecule has 0 unspecified atom stereocenters. The van der Waals surface area contributed by atoms with E-state index in [0.29, 0.717) is 17.0 Å². The topological polar surface area (TPSA) is 96.2 Å². The van der Waals surface area contributed by atoms with Gasteiger partial charge in [0.2, 0.25) is 0 Å². The van der Waals surface area contributed by atoms with Gasteiger partial charge >= 0.3 is 10.2 Å². The monoisotopic (exact) mass is 523 g/mol. The van der Waals surface area contributed by atoms with Crippen molar-refractivity contribution in [2.75, 3.05) is 38.3 Å². The van der Waals surface area contributed by atoms with Gasteiger partial charge in [0.1, 0.15) is 42.4 Å². The van der Waals surface area contributed by atoms with Gasteiger partial charge in [-0.2, -0.15) is 12.7 Å². The van der Waals surface area contributed by atoms with Crippen LogP contribution in [-0.4, -0.2) is 67.6 Å². The van der Waals surface area contributed by atoms with Crippen LogP contribution in [0.3, 0.4) is 0 Å². The smallest absolute Gasteiger partial charge is 0.303 e. The quantitative estimate of drug-likeness (QED) is 0.464. The molecular formula is C23H24F3N5O4S. The van der Waals surface area contributed by atoms with E-state index in [1.807, 2.05) is 4.72 Å². The van der Waals surface area contributed by atoms with Crippen LogP contribution >= 0.6 is 0 Å². The molecule has 0 radical (unpaired) electrons. The Morgan fingerprint density at radius 1 is 1.31 bits per heavy atom. The molecule has 1 aliphatic heterocycles. The number of benzene rings is 1. The lowest BCUT2D eigenvalue weighted by Crippen LogP contribution is -2.41. The van der Waals surface area contributed by atoms with Crippen molar-refractivity contribution in [3.63, 3.8) is 0 Å². The Balaban J connectivity index is 1.71. The maximum Gasteiger partial charge on any atom is 0.303 e. The van der Waals surface area contributed by atoms with Crippen LogP contribution in [0.15, 0.2) is 48.8 Å². The lowest BCUT2D eigenvalue weighted by Gasteiger charge is -2.24.